The summed E-state index contributed by atoms with van der Waals surface area (Å²) >= 11 is 0. The molecule has 0 saturated heterocycles. The number of hydrogen-bond donors (Lipinski definition) is 0. The SMILES string of the molecule is CCCCCCCCCCCCCCCc1c(S(=O)(=O)[O-])ccc(CCCCCC)c1CCCCCC.[Na+]. The van der Waals surface area contributed by atoms with Crippen molar-refractivity contribution in [2.75, 3.05) is 0 Å². The van der Waals surface area contributed by atoms with E-state index in [0.717, 1.165) is 56.9 Å². The van der Waals surface area contributed by atoms with Crippen molar-refractivity contribution in [2.45, 2.75) is 180 Å². The van der Waals surface area contributed by atoms with Gasteiger partial charge in [-0.15, -0.1) is 0 Å². The zero-order valence-electron chi connectivity index (χ0n) is 25.8. The molecular weight excluding hydrogens is 499 g/mol. The van der Waals surface area contributed by atoms with Gasteiger partial charge >= 0.3 is 29.6 Å². The van der Waals surface area contributed by atoms with E-state index in [1.807, 2.05) is 6.07 Å². The Labute approximate surface area is 259 Å². The van der Waals surface area contributed by atoms with Crippen LogP contribution in [0.4, 0.5) is 0 Å². The normalized spacial score (nSPS) is 11.6. The quantitative estimate of drug-likeness (QED) is 0.0710. The zero-order chi connectivity index (χ0) is 27.2. The predicted molar refractivity (Wildman–Crippen MR) is 159 cm³/mol. The third kappa shape index (κ3) is 17.7. The van der Waals surface area contributed by atoms with Crippen LogP contribution in [-0.4, -0.2) is 13.0 Å². The van der Waals surface area contributed by atoms with Gasteiger partial charge in [0.15, 0.2) is 0 Å². The standard InChI is InChI=1S/C33H60O3S.Na/c1-4-7-10-13-14-15-16-17-18-19-20-21-24-27-32-31(26-23-12-9-6-3)30(25-22-11-8-5-2)28-29-33(32)37(34,35)36;/h28-29H,4-27H2,1-3H3,(H,34,35,36);/q;+1/p-1. The molecule has 1 aromatic rings. The molecule has 0 aliphatic heterocycles. The molecule has 0 radical (unpaired) electrons. The molecule has 0 amide bonds. The van der Waals surface area contributed by atoms with E-state index in [4.69, 9.17) is 0 Å². The van der Waals surface area contributed by atoms with Crippen LogP contribution in [0.3, 0.4) is 0 Å². The van der Waals surface area contributed by atoms with Gasteiger partial charge in [0.2, 0.25) is 0 Å². The van der Waals surface area contributed by atoms with E-state index in [-0.39, 0.29) is 34.5 Å². The van der Waals surface area contributed by atoms with Crippen LogP contribution in [0.2, 0.25) is 0 Å². The fourth-order valence-corrected chi connectivity index (χ4v) is 6.33. The molecule has 3 nitrogen and oxygen atoms in total. The average molecular weight is 559 g/mol. The molecule has 1 aromatic carbocycles. The molecule has 0 bridgehead atoms. The van der Waals surface area contributed by atoms with Gasteiger partial charge in [-0.1, -0.05) is 142 Å². The van der Waals surface area contributed by atoms with E-state index >= 15 is 0 Å². The fourth-order valence-electron chi connectivity index (χ4n) is 5.56. The number of aryl methyl sites for hydroxylation is 1. The summed E-state index contributed by atoms with van der Waals surface area (Å²) in [4.78, 5) is 0.0502. The number of unbranched alkanes of at least 4 members (excludes halogenated alkanes) is 18. The summed E-state index contributed by atoms with van der Waals surface area (Å²) in [5.74, 6) is 0. The molecule has 0 aromatic heterocycles. The molecule has 0 unspecified atom stereocenters. The summed E-state index contributed by atoms with van der Waals surface area (Å²) in [5, 5.41) is 0. The van der Waals surface area contributed by atoms with Gasteiger partial charge in [-0.3, -0.25) is 0 Å². The van der Waals surface area contributed by atoms with Crippen molar-refractivity contribution in [2.24, 2.45) is 0 Å². The van der Waals surface area contributed by atoms with Gasteiger partial charge < -0.3 is 4.55 Å². The molecule has 0 spiro atoms. The Morgan fingerprint density at radius 2 is 0.842 bits per heavy atom. The van der Waals surface area contributed by atoms with E-state index in [1.165, 1.54) is 114 Å². The predicted octanol–water partition coefficient (Wildman–Crippen LogP) is 7.47. The van der Waals surface area contributed by atoms with Crippen molar-refractivity contribution in [3.8, 4) is 0 Å². The first-order chi connectivity index (χ1) is 18.0. The van der Waals surface area contributed by atoms with Crippen LogP contribution in [-0.2, 0) is 29.4 Å². The summed E-state index contributed by atoms with van der Waals surface area (Å²) in [5.41, 5.74) is 3.32. The van der Waals surface area contributed by atoms with E-state index in [9.17, 15) is 13.0 Å². The minimum atomic E-state index is -4.46. The third-order valence-electron chi connectivity index (χ3n) is 7.86. The van der Waals surface area contributed by atoms with Gasteiger partial charge in [0, 0.05) is 0 Å². The summed E-state index contributed by atoms with van der Waals surface area (Å²) < 4.78 is 36.5. The van der Waals surface area contributed by atoms with Crippen LogP contribution in [0.15, 0.2) is 17.0 Å². The van der Waals surface area contributed by atoms with Crippen LogP contribution < -0.4 is 29.6 Å². The smallest absolute Gasteiger partial charge is 0.744 e. The zero-order valence-corrected chi connectivity index (χ0v) is 28.6. The van der Waals surface area contributed by atoms with E-state index in [1.54, 1.807) is 6.07 Å². The van der Waals surface area contributed by atoms with Crippen LogP contribution in [0, 0.1) is 0 Å². The van der Waals surface area contributed by atoms with Gasteiger partial charge in [0.25, 0.3) is 0 Å². The monoisotopic (exact) mass is 558 g/mol. The Kier molecular flexibility index (Phi) is 25.0. The maximum absolute atomic E-state index is 12.2. The maximum Gasteiger partial charge on any atom is 1.00 e. The van der Waals surface area contributed by atoms with Gasteiger partial charge in [0.1, 0.15) is 10.1 Å². The topological polar surface area (TPSA) is 57.2 Å². The van der Waals surface area contributed by atoms with Crippen molar-refractivity contribution < 1.29 is 42.5 Å². The fraction of sp³-hybridized carbons (Fsp3) is 0.818. The summed E-state index contributed by atoms with van der Waals surface area (Å²) in [7, 11) is -4.46. The van der Waals surface area contributed by atoms with Gasteiger partial charge in [-0.25, -0.2) is 8.42 Å². The summed E-state index contributed by atoms with van der Waals surface area (Å²) in [6.45, 7) is 6.70. The number of hydrogen-bond acceptors (Lipinski definition) is 3. The number of rotatable bonds is 25. The first-order valence-corrected chi connectivity index (χ1v) is 17.5. The minimum absolute atomic E-state index is 0. The second-order valence-corrected chi connectivity index (χ2v) is 12.6. The third-order valence-corrected chi connectivity index (χ3v) is 8.79. The molecule has 0 heterocycles. The Morgan fingerprint density at radius 1 is 0.500 bits per heavy atom. The van der Waals surface area contributed by atoms with Crippen LogP contribution >= 0.6 is 0 Å². The van der Waals surface area contributed by atoms with Gasteiger partial charge in [-0.05, 0) is 61.3 Å². The van der Waals surface area contributed by atoms with Crippen LogP contribution in [0.1, 0.15) is 172 Å². The van der Waals surface area contributed by atoms with Crippen molar-refractivity contribution in [3.05, 3.63) is 28.8 Å². The molecule has 38 heavy (non-hydrogen) atoms. The molecule has 0 saturated carbocycles. The molecule has 216 valence electrons. The first kappa shape index (κ1) is 38.1. The first-order valence-electron chi connectivity index (χ1n) is 16.0. The largest absolute Gasteiger partial charge is 1.00 e. The van der Waals surface area contributed by atoms with Crippen LogP contribution in [0.25, 0.3) is 0 Å². The Morgan fingerprint density at radius 3 is 1.26 bits per heavy atom. The molecule has 0 aliphatic rings. The Hall–Kier alpha value is 0.130. The number of benzene rings is 1. The second kappa shape index (κ2) is 24.9. The van der Waals surface area contributed by atoms with Crippen molar-refractivity contribution in [3.63, 3.8) is 0 Å². The van der Waals surface area contributed by atoms with Crippen molar-refractivity contribution >= 4 is 10.1 Å². The minimum Gasteiger partial charge on any atom is -0.744 e. The molecule has 5 heteroatoms. The maximum atomic E-state index is 12.2. The van der Waals surface area contributed by atoms with E-state index in [2.05, 4.69) is 20.8 Å². The molecule has 0 aliphatic carbocycles. The van der Waals surface area contributed by atoms with E-state index in [0.29, 0.717) is 0 Å². The summed E-state index contributed by atoms with van der Waals surface area (Å²) in [6.07, 6.45) is 28.9. The van der Waals surface area contributed by atoms with Gasteiger partial charge in [-0.2, -0.15) is 0 Å². The average Bonchev–Trinajstić information content (AvgIpc) is 2.87. The van der Waals surface area contributed by atoms with Gasteiger partial charge in [0.05, 0.1) is 4.90 Å². The van der Waals surface area contributed by atoms with Crippen molar-refractivity contribution in [1.29, 1.82) is 0 Å². The van der Waals surface area contributed by atoms with E-state index < -0.39 is 10.1 Å². The molecule has 0 atom stereocenters. The summed E-state index contributed by atoms with van der Waals surface area (Å²) in [6, 6.07) is 3.56. The molecule has 0 N–H and O–H groups in total. The second-order valence-electron chi connectivity index (χ2n) is 11.2. The Bertz CT molecular complexity index is 792. The van der Waals surface area contributed by atoms with Crippen molar-refractivity contribution in [1.82, 2.24) is 0 Å². The molecule has 0 fully saturated rings. The molecule has 1 rings (SSSR count). The Balaban J connectivity index is 0.0000137. The molecular formula is C33H59NaO3S. The van der Waals surface area contributed by atoms with Crippen LogP contribution in [0.5, 0.6) is 0 Å².